The summed E-state index contributed by atoms with van der Waals surface area (Å²) in [6, 6.07) is 7.90. The third kappa shape index (κ3) is 59.9. The molecule has 26 nitrogen and oxygen atoms in total. The lowest BCUT2D eigenvalue weighted by molar-refractivity contribution is -0.171. The Morgan fingerprint density at radius 2 is 0.776 bits per heavy atom. The van der Waals surface area contributed by atoms with Crippen LogP contribution in [0.5, 0.6) is 0 Å². The number of halogens is 3. The summed E-state index contributed by atoms with van der Waals surface area (Å²) in [5.74, 6) is 0.333. The molecule has 37 heteroatoms. The molecule has 0 spiro atoms. The maximum absolute atomic E-state index is 11.8. The van der Waals surface area contributed by atoms with E-state index >= 15 is 0 Å². The molecule has 2 aliphatic carbocycles. The van der Waals surface area contributed by atoms with Gasteiger partial charge in [-0.25, -0.2) is 48.7 Å². The van der Waals surface area contributed by atoms with Crippen LogP contribution >= 0.6 is 157 Å². The second kappa shape index (κ2) is 73.9. The molecule has 2 aliphatic rings. The van der Waals surface area contributed by atoms with Gasteiger partial charge in [0.2, 0.25) is 36.5 Å². The first kappa shape index (κ1) is 106. The number of hydrogen-bond donors (Lipinski definition) is 7. The lowest BCUT2D eigenvalue weighted by atomic mass is 9.75. The summed E-state index contributed by atoms with van der Waals surface area (Å²) in [6.45, 7) is 9.14. The van der Waals surface area contributed by atoms with Crippen LogP contribution in [-0.2, 0) is 107 Å². The highest BCUT2D eigenvalue weighted by Crippen LogP contribution is 2.37. The Labute approximate surface area is 719 Å². The van der Waals surface area contributed by atoms with Crippen LogP contribution in [-0.4, -0.2) is 202 Å². The molecular weight excluding hydrogens is 1860 g/mol. The minimum Gasteiger partial charge on any atom is -0.465 e. The van der Waals surface area contributed by atoms with Crippen LogP contribution in [0, 0.1) is 22.7 Å². The fourth-order valence-electron chi connectivity index (χ4n) is 9.73. The second-order valence-electron chi connectivity index (χ2n) is 24.8. The van der Waals surface area contributed by atoms with Crippen molar-refractivity contribution in [3.63, 3.8) is 0 Å². The summed E-state index contributed by atoms with van der Waals surface area (Å²) in [5.41, 5.74) is -0.341. The van der Waals surface area contributed by atoms with E-state index in [0.717, 1.165) is 62.5 Å². The molecular formula is C70H111BI3N6O20S7. The summed E-state index contributed by atoms with van der Waals surface area (Å²) in [4.78, 5) is 165. The first-order chi connectivity index (χ1) is 52.6. The SMILES string of the molecule is CC(C)(N=C=O)c1cccc(C(C)(C)N=C=O)c1.CCC(COC(=O)CCS)(COC(=O)CCS)COC(=O)CCS.O=C(CCS)OCC(COC(=O)CCS)(COC(=O)CCS)COC(=O)CCS.O=C=NC1CCCC(CC2CCCC(N=C=O)C2)C1.O=C=NCCCCCCN=C=O.[2H]CI.[2H]I.[2H][B]I.[HH]. The molecule has 1 aromatic rings. The van der Waals surface area contributed by atoms with E-state index in [0.29, 0.717) is 53.5 Å². The van der Waals surface area contributed by atoms with Crippen LogP contribution in [0.2, 0.25) is 0 Å². The van der Waals surface area contributed by atoms with Crippen LogP contribution < -0.4 is 0 Å². The lowest BCUT2D eigenvalue weighted by Crippen LogP contribution is -2.44. The maximum Gasteiger partial charge on any atom is 0.306 e. The zero-order chi connectivity index (χ0) is 84.3. The highest BCUT2D eigenvalue weighted by Gasteiger charge is 2.39. The molecule has 4 unspecified atom stereocenters. The molecule has 0 saturated heterocycles. The molecule has 4 atom stereocenters. The minimum atomic E-state index is -1.25. The van der Waals surface area contributed by atoms with Gasteiger partial charge < -0.3 is 33.2 Å². The van der Waals surface area contributed by atoms with Crippen molar-refractivity contribution in [3.8, 4) is 0 Å². The fourth-order valence-corrected chi connectivity index (χ4v) is 11.0. The fraction of sp³-hybridized carbons (Fsp3) is 0.729. The van der Waals surface area contributed by atoms with E-state index in [-0.39, 0.29) is 128 Å². The molecule has 0 amide bonds. The number of hydrogen-bond acceptors (Lipinski definition) is 33. The highest BCUT2D eigenvalue weighted by molar-refractivity contribution is 14.1. The van der Waals surface area contributed by atoms with Gasteiger partial charge in [0.1, 0.15) is 52.3 Å². The van der Waals surface area contributed by atoms with E-state index in [2.05, 4.69) is 118 Å². The van der Waals surface area contributed by atoms with Gasteiger partial charge >= 0.3 is 41.8 Å². The molecule has 1 aromatic carbocycles. The number of alkyl halides is 1. The number of rotatable bonds is 44. The molecule has 0 N–H and O–H groups in total. The normalized spacial score (nSPS) is 14.9. The molecule has 107 heavy (non-hydrogen) atoms. The third-order valence-corrected chi connectivity index (χ3v) is 17.3. The minimum absolute atomic E-state index is 0. The second-order valence-corrected chi connectivity index (χ2v) is 27.9. The van der Waals surface area contributed by atoms with Gasteiger partial charge in [0, 0.05) is 43.1 Å². The highest BCUT2D eigenvalue weighted by atomic mass is 127. The molecule has 3 rings (SSSR count). The standard InChI is InChI=1S/C17H28O8S4.C15H22N2O2.C15H26O6S3.C14H16N2O2.C8H12N2O2.CH3I.BHI.HI.H2/c18-13(1-5-26)22-9-17(10-23-14(19)2-6-27,11-24-15(20)3-7-28)12-25-16(21)4-8-29;18-10-16-14-5-1-3-12(8-14)7-13-4-2-6-15(9-13)17-11-19;1-2-15(9-19-12(16)3-6-22,10-20-13(17)4-7-23)11-21-14(18)5-8-24;1-13(2,15-9-17)11-6-5-7-12(8-11)14(3,4)16-10-18;11-7-9-5-3-1-2-4-6-10-8-12;2*1-2;;/h26-29H,1-12H2;12-15H,1-9H2;22-24H,2-11H2,1H3;5-8H,1-4H3;1-6H2;1H3;1H;2*1H/i;;;;;2*1D;;/hD. The average Bonchev–Trinajstić information content (AvgIpc) is 0.814. The van der Waals surface area contributed by atoms with E-state index in [1.165, 1.54) is 73.7 Å². The number of aliphatic imine (C=N–C) groups is 6. The Bertz CT molecular complexity index is 2770. The Kier molecular flexibility index (Phi) is 72.9. The van der Waals surface area contributed by atoms with E-state index in [1.807, 2.05) is 104 Å². The van der Waals surface area contributed by atoms with Crippen LogP contribution in [0.25, 0.3) is 0 Å². The molecule has 607 valence electrons. The van der Waals surface area contributed by atoms with Gasteiger partial charge in [-0.05, 0) is 108 Å². The van der Waals surface area contributed by atoms with E-state index in [9.17, 15) is 62.3 Å². The van der Waals surface area contributed by atoms with Crippen molar-refractivity contribution in [2.24, 2.45) is 52.6 Å². The van der Waals surface area contributed by atoms with Crippen molar-refractivity contribution in [1.29, 1.82) is 1.93 Å². The van der Waals surface area contributed by atoms with Gasteiger partial charge in [-0.1, -0.05) is 92.3 Å². The van der Waals surface area contributed by atoms with Gasteiger partial charge in [-0.15, -0.1) is 23.8 Å². The molecule has 1 radical (unpaired) electrons. The Balaban J connectivity index is -0.000000308. The number of ether oxygens (including phenoxy) is 7. The molecule has 0 aliphatic heterocycles. The van der Waals surface area contributed by atoms with Crippen LogP contribution in [0.3, 0.4) is 0 Å². The monoisotopic (exact) mass is 1970 g/mol. The predicted octanol–water partition coefficient (Wildman–Crippen LogP) is 12.8. The zero-order valence-corrected chi connectivity index (χ0v) is 74.4. The third-order valence-electron chi connectivity index (χ3n) is 15.7. The summed E-state index contributed by atoms with van der Waals surface area (Å²) < 4.78 is 54.5. The summed E-state index contributed by atoms with van der Waals surface area (Å²) >= 11 is 33.0. The van der Waals surface area contributed by atoms with Crippen molar-refractivity contribution in [2.45, 2.75) is 193 Å². The van der Waals surface area contributed by atoms with Crippen molar-refractivity contribution in [3.05, 3.63) is 35.4 Å². The quantitative estimate of drug-likeness (QED) is 0.00367. The van der Waals surface area contributed by atoms with Gasteiger partial charge in [0.25, 0.3) is 0 Å². The average molecular weight is 1980 g/mol. The number of isocyanates is 6. The van der Waals surface area contributed by atoms with Crippen molar-refractivity contribution < 1.29 is 98.3 Å². The molecule has 2 saturated carbocycles. The van der Waals surface area contributed by atoms with Crippen LogP contribution in [0.15, 0.2) is 54.2 Å². The Morgan fingerprint density at radius 3 is 1.01 bits per heavy atom. The summed E-state index contributed by atoms with van der Waals surface area (Å²) in [6.07, 6.45) is 24.9. The molecule has 0 aromatic heterocycles. The molecule has 0 bridgehead atoms. The van der Waals surface area contributed by atoms with Crippen molar-refractivity contribution in [1.82, 2.24) is 0 Å². The van der Waals surface area contributed by atoms with E-state index in [1.54, 1.807) is 24.3 Å². The largest absolute Gasteiger partial charge is 0.465 e. The number of esters is 7. The van der Waals surface area contributed by atoms with Crippen LogP contribution in [0.1, 0.15) is 183 Å². The molecule has 0 heterocycles. The number of unbranched alkanes of at least 4 members (excludes halogenated alkanes) is 3. The van der Waals surface area contributed by atoms with Gasteiger partial charge in [-0.3, -0.25) is 33.6 Å². The van der Waals surface area contributed by atoms with Gasteiger partial charge in [-0.2, -0.15) is 121 Å². The van der Waals surface area contributed by atoms with Gasteiger partial charge in [0.15, 0.2) is 5.67 Å². The number of thiol groups is 7. The Hall–Kier alpha value is -3.51. The molecule has 2 fully saturated rings. The topological polar surface area (TPSA) is 361 Å². The van der Waals surface area contributed by atoms with Crippen molar-refractivity contribution in [2.75, 3.05) is 105 Å². The summed E-state index contributed by atoms with van der Waals surface area (Å²) in [5, 5.41) is 0. The number of nitrogens with zero attached hydrogens (tertiary/aromatic N) is 6. The zero-order valence-electron chi connectivity index (χ0n) is 64.7. The van der Waals surface area contributed by atoms with Crippen molar-refractivity contribution >= 4 is 241 Å². The number of benzene rings is 1. The first-order valence-corrected chi connectivity index (χ1v) is 41.4. The first-order valence-electron chi connectivity index (χ1n) is 35.8. The van der Waals surface area contributed by atoms with E-state index in [4.69, 9.17) is 36.5 Å². The number of carbonyl (C=O) groups is 7. The maximum atomic E-state index is 11.8. The smallest absolute Gasteiger partial charge is 0.306 e. The van der Waals surface area contributed by atoms with Crippen LogP contribution in [0.4, 0.5) is 0 Å². The Morgan fingerprint density at radius 1 is 0.505 bits per heavy atom. The number of carbonyl (C=O) groups excluding carboxylic acids is 13. The lowest BCUT2D eigenvalue weighted by Gasteiger charge is -2.32. The van der Waals surface area contributed by atoms with E-state index < -0.39 is 63.7 Å². The predicted molar refractivity (Wildman–Crippen MR) is 465 cm³/mol. The van der Waals surface area contributed by atoms with Gasteiger partial charge in [0.05, 0.1) is 86.6 Å². The summed E-state index contributed by atoms with van der Waals surface area (Å²) in [7, 11) is 0.